The second-order valence-corrected chi connectivity index (χ2v) is 6.22. The molecule has 0 aliphatic carbocycles. The van der Waals surface area contributed by atoms with Gasteiger partial charge in [0, 0.05) is 17.6 Å². The second-order valence-electron chi connectivity index (χ2n) is 5.36. The van der Waals surface area contributed by atoms with Crippen LogP contribution in [0.15, 0.2) is 22.7 Å². The van der Waals surface area contributed by atoms with Gasteiger partial charge in [-0.3, -0.25) is 0 Å². The third-order valence-electron chi connectivity index (χ3n) is 3.26. The highest BCUT2D eigenvalue weighted by molar-refractivity contribution is 9.10. The van der Waals surface area contributed by atoms with Gasteiger partial charge in [0.05, 0.1) is 5.60 Å². The van der Waals surface area contributed by atoms with Crippen molar-refractivity contribution in [2.45, 2.75) is 45.3 Å². The zero-order valence-corrected chi connectivity index (χ0v) is 13.7. The Morgan fingerprint density at radius 1 is 1.42 bits per heavy atom. The van der Waals surface area contributed by atoms with Gasteiger partial charge in [0.25, 0.3) is 0 Å². The van der Waals surface area contributed by atoms with Crippen molar-refractivity contribution in [1.82, 2.24) is 5.32 Å². The highest BCUT2D eigenvalue weighted by atomic mass is 79.9. The van der Waals surface area contributed by atoms with E-state index in [-0.39, 0.29) is 17.5 Å². The molecular formula is C15H23BrFNO. The fraction of sp³-hybridized carbons (Fsp3) is 0.600. The van der Waals surface area contributed by atoms with Gasteiger partial charge < -0.3 is 10.1 Å². The molecule has 1 rings (SSSR count). The number of halogens is 2. The van der Waals surface area contributed by atoms with E-state index in [4.69, 9.17) is 4.74 Å². The summed E-state index contributed by atoms with van der Waals surface area (Å²) in [5.41, 5.74) is 0.796. The highest BCUT2D eigenvalue weighted by Gasteiger charge is 2.23. The summed E-state index contributed by atoms with van der Waals surface area (Å²) in [6, 6.07) is 5.08. The van der Waals surface area contributed by atoms with Gasteiger partial charge in [-0.2, -0.15) is 0 Å². The number of rotatable bonds is 7. The quantitative estimate of drug-likeness (QED) is 0.817. The Balaban J connectivity index is 2.80. The lowest BCUT2D eigenvalue weighted by atomic mass is 9.94. The van der Waals surface area contributed by atoms with Crippen molar-refractivity contribution in [2.24, 2.45) is 0 Å². The molecular weight excluding hydrogens is 309 g/mol. The Bertz CT molecular complexity index is 409. The fourth-order valence-corrected chi connectivity index (χ4v) is 2.56. The monoisotopic (exact) mass is 331 g/mol. The minimum Gasteiger partial charge on any atom is -0.379 e. The van der Waals surface area contributed by atoms with E-state index >= 15 is 0 Å². The second kappa shape index (κ2) is 7.36. The normalized spacial score (nSPS) is 13.6. The molecule has 0 aromatic heterocycles. The predicted molar refractivity (Wildman–Crippen MR) is 81.0 cm³/mol. The molecule has 0 fully saturated rings. The summed E-state index contributed by atoms with van der Waals surface area (Å²) in [6.07, 6.45) is 1.65. The molecule has 0 aliphatic rings. The predicted octanol–water partition coefficient (Wildman–Crippen LogP) is 3.92. The van der Waals surface area contributed by atoms with Crippen LogP contribution in [0.5, 0.6) is 0 Å². The molecule has 0 saturated carbocycles. The molecule has 0 radical (unpaired) electrons. The Kier molecular flexibility index (Phi) is 6.43. The third-order valence-corrected chi connectivity index (χ3v) is 4.03. The fourth-order valence-electron chi connectivity index (χ4n) is 2.15. The molecule has 0 saturated heterocycles. The molecule has 2 nitrogen and oxygen atoms in total. The van der Waals surface area contributed by atoms with E-state index < -0.39 is 0 Å². The van der Waals surface area contributed by atoms with Crippen LogP contribution in [-0.2, 0) is 11.2 Å². The van der Waals surface area contributed by atoms with Crippen LogP contribution in [0.3, 0.4) is 0 Å². The first-order valence-electron chi connectivity index (χ1n) is 6.60. The van der Waals surface area contributed by atoms with Crippen molar-refractivity contribution >= 4 is 15.9 Å². The van der Waals surface area contributed by atoms with Crippen molar-refractivity contribution in [1.29, 1.82) is 0 Å². The molecule has 0 aliphatic heterocycles. The Hall–Kier alpha value is -0.450. The minimum atomic E-state index is -0.195. The van der Waals surface area contributed by atoms with Gasteiger partial charge in [-0.25, -0.2) is 4.39 Å². The molecule has 1 unspecified atom stereocenters. The van der Waals surface area contributed by atoms with Gasteiger partial charge in [-0.1, -0.05) is 22.9 Å². The molecule has 4 heteroatoms. The first-order valence-corrected chi connectivity index (χ1v) is 7.39. The molecule has 0 spiro atoms. The van der Waals surface area contributed by atoms with Crippen LogP contribution in [0.1, 0.15) is 32.8 Å². The Labute approximate surface area is 123 Å². The molecule has 0 amide bonds. The maximum Gasteiger partial charge on any atom is 0.123 e. The van der Waals surface area contributed by atoms with Crippen LogP contribution in [0.25, 0.3) is 0 Å². The van der Waals surface area contributed by atoms with Crippen LogP contribution in [0, 0.1) is 5.82 Å². The summed E-state index contributed by atoms with van der Waals surface area (Å²) in [6.45, 7) is 7.10. The molecule has 1 aromatic rings. The highest BCUT2D eigenvalue weighted by Crippen LogP contribution is 2.23. The lowest BCUT2D eigenvalue weighted by Crippen LogP contribution is -2.39. The van der Waals surface area contributed by atoms with Crippen molar-refractivity contribution in [2.75, 3.05) is 13.7 Å². The van der Waals surface area contributed by atoms with Crippen LogP contribution >= 0.6 is 15.9 Å². The zero-order valence-electron chi connectivity index (χ0n) is 12.1. The largest absolute Gasteiger partial charge is 0.379 e. The van der Waals surface area contributed by atoms with E-state index in [1.165, 1.54) is 6.07 Å². The number of benzene rings is 1. The topological polar surface area (TPSA) is 21.3 Å². The Morgan fingerprint density at radius 2 is 2.11 bits per heavy atom. The average Bonchev–Trinajstić information content (AvgIpc) is 2.34. The van der Waals surface area contributed by atoms with Crippen LogP contribution < -0.4 is 5.32 Å². The van der Waals surface area contributed by atoms with Gasteiger partial charge in [-0.05, 0) is 57.0 Å². The summed E-state index contributed by atoms with van der Waals surface area (Å²) in [7, 11) is 1.72. The maximum atomic E-state index is 13.3. The van der Waals surface area contributed by atoms with E-state index in [2.05, 4.69) is 42.0 Å². The number of methoxy groups -OCH3 is 1. The van der Waals surface area contributed by atoms with Gasteiger partial charge in [0.1, 0.15) is 5.82 Å². The van der Waals surface area contributed by atoms with Crippen molar-refractivity contribution in [3.05, 3.63) is 34.1 Å². The molecule has 0 heterocycles. The average molecular weight is 332 g/mol. The van der Waals surface area contributed by atoms with Gasteiger partial charge in [0.15, 0.2) is 0 Å². The van der Waals surface area contributed by atoms with E-state index in [0.29, 0.717) is 0 Å². The maximum absolute atomic E-state index is 13.3. The molecule has 1 atom stereocenters. The smallest absolute Gasteiger partial charge is 0.123 e. The van der Waals surface area contributed by atoms with E-state index in [0.717, 1.165) is 29.4 Å². The standard InChI is InChI=1S/C15H23BrFNO/c1-5-18-13(10-15(2,3)19-4)9-11-8-12(17)6-7-14(11)16/h6-8,13,18H,5,9-10H2,1-4H3. The number of nitrogens with one attached hydrogen (secondary N) is 1. The third kappa shape index (κ3) is 5.59. The number of hydrogen-bond acceptors (Lipinski definition) is 2. The molecule has 19 heavy (non-hydrogen) atoms. The summed E-state index contributed by atoms with van der Waals surface area (Å²) in [4.78, 5) is 0. The van der Waals surface area contributed by atoms with Crippen molar-refractivity contribution < 1.29 is 9.13 Å². The van der Waals surface area contributed by atoms with E-state index in [1.807, 2.05) is 0 Å². The van der Waals surface area contributed by atoms with Gasteiger partial charge in [0.2, 0.25) is 0 Å². The number of likely N-dealkylation sites (N-methyl/N-ethyl adjacent to an activating group) is 1. The molecule has 0 bridgehead atoms. The van der Waals surface area contributed by atoms with Crippen LogP contribution in [0.2, 0.25) is 0 Å². The van der Waals surface area contributed by atoms with Crippen LogP contribution in [0.4, 0.5) is 4.39 Å². The summed E-state index contributed by atoms with van der Waals surface area (Å²) >= 11 is 3.48. The number of ether oxygens (including phenoxy) is 1. The molecule has 1 N–H and O–H groups in total. The van der Waals surface area contributed by atoms with Gasteiger partial charge in [-0.15, -0.1) is 0 Å². The van der Waals surface area contributed by atoms with Crippen molar-refractivity contribution in [3.8, 4) is 0 Å². The summed E-state index contributed by atoms with van der Waals surface area (Å²) < 4.78 is 19.8. The molecule has 1 aromatic carbocycles. The zero-order chi connectivity index (χ0) is 14.5. The van der Waals surface area contributed by atoms with E-state index in [9.17, 15) is 4.39 Å². The first kappa shape index (κ1) is 16.6. The number of hydrogen-bond donors (Lipinski definition) is 1. The lowest BCUT2D eigenvalue weighted by molar-refractivity contribution is 0.00725. The van der Waals surface area contributed by atoms with Crippen LogP contribution in [-0.4, -0.2) is 25.3 Å². The molecule has 108 valence electrons. The minimum absolute atomic E-state index is 0.188. The van der Waals surface area contributed by atoms with Gasteiger partial charge >= 0.3 is 0 Å². The summed E-state index contributed by atoms with van der Waals surface area (Å²) in [5.74, 6) is -0.195. The van der Waals surface area contributed by atoms with Crippen molar-refractivity contribution in [3.63, 3.8) is 0 Å². The van der Waals surface area contributed by atoms with E-state index in [1.54, 1.807) is 19.2 Å². The summed E-state index contributed by atoms with van der Waals surface area (Å²) in [5, 5.41) is 3.44. The Morgan fingerprint density at radius 3 is 2.68 bits per heavy atom. The first-order chi connectivity index (χ1) is 8.88. The lowest BCUT2D eigenvalue weighted by Gasteiger charge is -2.29. The SMILES string of the molecule is CCNC(Cc1cc(F)ccc1Br)CC(C)(C)OC.